The fourth-order valence-corrected chi connectivity index (χ4v) is 3.52. The molecule has 2 aromatic carbocycles. The van der Waals surface area contributed by atoms with Crippen LogP contribution in [0.1, 0.15) is 23.8 Å². The molecule has 0 spiro atoms. The molecule has 0 fully saturated rings. The van der Waals surface area contributed by atoms with Gasteiger partial charge in [0, 0.05) is 34.9 Å². The van der Waals surface area contributed by atoms with Crippen LogP contribution in [0.5, 0.6) is 0 Å². The standard InChI is InChI=1S/C22H19N5O2S/c1-2-20(28)24-16-8-10-17(11-9-16)25-21(29)19-14-30-22(26-19)15-12-23-27(13-15)18-6-4-3-5-7-18/h3-14H,2H2,1H3,(H,24,28)(H,25,29). The number of hydrogen-bond acceptors (Lipinski definition) is 5. The van der Waals surface area contributed by atoms with Crippen LogP contribution < -0.4 is 10.6 Å². The van der Waals surface area contributed by atoms with E-state index in [0.29, 0.717) is 23.5 Å². The highest BCUT2D eigenvalue weighted by atomic mass is 32.1. The molecular formula is C22H19N5O2S. The van der Waals surface area contributed by atoms with E-state index >= 15 is 0 Å². The predicted octanol–water partition coefficient (Wildman–Crippen LogP) is 4.60. The van der Waals surface area contributed by atoms with Crippen LogP contribution in [-0.4, -0.2) is 26.6 Å². The Bertz CT molecular complexity index is 1170. The fourth-order valence-electron chi connectivity index (χ4n) is 2.75. The van der Waals surface area contributed by atoms with Crippen molar-refractivity contribution in [2.45, 2.75) is 13.3 Å². The minimum atomic E-state index is -0.293. The van der Waals surface area contributed by atoms with Gasteiger partial charge in [0.2, 0.25) is 5.91 Å². The third kappa shape index (κ3) is 4.44. The van der Waals surface area contributed by atoms with Crippen LogP contribution in [0.2, 0.25) is 0 Å². The molecule has 0 aliphatic heterocycles. The number of para-hydroxylation sites is 1. The van der Waals surface area contributed by atoms with E-state index in [1.165, 1.54) is 11.3 Å². The first-order chi connectivity index (χ1) is 14.6. The van der Waals surface area contributed by atoms with Crippen LogP contribution in [0.4, 0.5) is 11.4 Å². The van der Waals surface area contributed by atoms with E-state index < -0.39 is 0 Å². The summed E-state index contributed by atoms with van der Waals surface area (Å²) in [6.45, 7) is 1.79. The lowest BCUT2D eigenvalue weighted by atomic mass is 10.2. The van der Waals surface area contributed by atoms with Crippen molar-refractivity contribution in [1.82, 2.24) is 14.8 Å². The van der Waals surface area contributed by atoms with E-state index in [2.05, 4.69) is 20.7 Å². The smallest absolute Gasteiger partial charge is 0.275 e. The number of carbonyl (C=O) groups excluding carboxylic acids is 2. The second-order valence-corrected chi connectivity index (χ2v) is 7.34. The molecule has 150 valence electrons. The second kappa shape index (κ2) is 8.71. The number of thiazole rings is 1. The van der Waals surface area contributed by atoms with E-state index in [4.69, 9.17) is 0 Å². The average molecular weight is 417 g/mol. The highest BCUT2D eigenvalue weighted by Crippen LogP contribution is 2.25. The molecule has 2 aromatic heterocycles. The SMILES string of the molecule is CCC(=O)Nc1ccc(NC(=O)c2csc(-c3cnn(-c4ccccc4)c3)n2)cc1. The molecule has 2 amide bonds. The van der Waals surface area contributed by atoms with Gasteiger partial charge in [0.05, 0.1) is 11.9 Å². The van der Waals surface area contributed by atoms with Gasteiger partial charge in [-0.15, -0.1) is 11.3 Å². The molecule has 4 rings (SSSR count). The van der Waals surface area contributed by atoms with Gasteiger partial charge in [0.1, 0.15) is 10.7 Å². The summed E-state index contributed by atoms with van der Waals surface area (Å²) < 4.78 is 1.77. The van der Waals surface area contributed by atoms with Crippen LogP contribution in [0.3, 0.4) is 0 Å². The fraction of sp³-hybridized carbons (Fsp3) is 0.0909. The van der Waals surface area contributed by atoms with Crippen LogP contribution in [-0.2, 0) is 4.79 Å². The lowest BCUT2D eigenvalue weighted by molar-refractivity contribution is -0.115. The van der Waals surface area contributed by atoms with Crippen LogP contribution in [0.15, 0.2) is 72.4 Å². The van der Waals surface area contributed by atoms with Gasteiger partial charge in [-0.2, -0.15) is 5.10 Å². The van der Waals surface area contributed by atoms with Crippen LogP contribution >= 0.6 is 11.3 Å². The molecule has 2 heterocycles. The van der Waals surface area contributed by atoms with Crippen molar-refractivity contribution < 1.29 is 9.59 Å². The Hall–Kier alpha value is -3.78. The van der Waals surface area contributed by atoms with Crippen molar-refractivity contribution >= 4 is 34.5 Å². The summed E-state index contributed by atoms with van der Waals surface area (Å²) in [5.41, 5.74) is 3.45. The maximum Gasteiger partial charge on any atom is 0.275 e. The second-order valence-electron chi connectivity index (χ2n) is 6.48. The molecule has 0 aliphatic carbocycles. The molecule has 0 aliphatic rings. The minimum Gasteiger partial charge on any atom is -0.326 e. The molecule has 8 heteroatoms. The van der Waals surface area contributed by atoms with E-state index in [1.54, 1.807) is 47.4 Å². The molecule has 0 saturated heterocycles. The third-order valence-electron chi connectivity index (χ3n) is 4.33. The lowest BCUT2D eigenvalue weighted by Crippen LogP contribution is -2.13. The molecule has 2 N–H and O–H groups in total. The van der Waals surface area contributed by atoms with Gasteiger partial charge >= 0.3 is 0 Å². The topological polar surface area (TPSA) is 88.9 Å². The Labute approximate surface area is 177 Å². The van der Waals surface area contributed by atoms with Crippen molar-refractivity contribution in [3.05, 3.63) is 78.1 Å². The van der Waals surface area contributed by atoms with Gasteiger partial charge < -0.3 is 10.6 Å². The van der Waals surface area contributed by atoms with Gasteiger partial charge in [-0.1, -0.05) is 25.1 Å². The van der Waals surface area contributed by atoms with Gasteiger partial charge in [0.25, 0.3) is 5.91 Å². The summed E-state index contributed by atoms with van der Waals surface area (Å²) in [5, 5.41) is 12.4. The molecule has 7 nitrogen and oxygen atoms in total. The lowest BCUT2D eigenvalue weighted by Gasteiger charge is -2.06. The van der Waals surface area contributed by atoms with Crippen molar-refractivity contribution in [2.24, 2.45) is 0 Å². The Morgan fingerprint density at radius 2 is 1.70 bits per heavy atom. The summed E-state index contributed by atoms with van der Waals surface area (Å²) in [6.07, 6.45) is 4.03. The number of amides is 2. The molecule has 30 heavy (non-hydrogen) atoms. The zero-order valence-electron chi connectivity index (χ0n) is 16.2. The van der Waals surface area contributed by atoms with Gasteiger partial charge in [-0.3, -0.25) is 9.59 Å². The van der Waals surface area contributed by atoms with Crippen molar-refractivity contribution in [3.8, 4) is 16.3 Å². The van der Waals surface area contributed by atoms with E-state index in [1.807, 2.05) is 36.5 Å². The maximum absolute atomic E-state index is 12.5. The molecule has 0 radical (unpaired) electrons. The maximum atomic E-state index is 12.5. The summed E-state index contributed by atoms with van der Waals surface area (Å²) >= 11 is 1.39. The van der Waals surface area contributed by atoms with Gasteiger partial charge in [-0.25, -0.2) is 9.67 Å². The number of benzene rings is 2. The molecule has 0 atom stereocenters. The molecule has 0 bridgehead atoms. The molecule has 0 unspecified atom stereocenters. The van der Waals surface area contributed by atoms with Gasteiger partial charge in [0.15, 0.2) is 0 Å². The highest BCUT2D eigenvalue weighted by molar-refractivity contribution is 7.13. The Morgan fingerprint density at radius 3 is 2.40 bits per heavy atom. The average Bonchev–Trinajstić information content (AvgIpc) is 3.45. The molecular weight excluding hydrogens is 398 g/mol. The van der Waals surface area contributed by atoms with Crippen LogP contribution in [0.25, 0.3) is 16.3 Å². The number of anilines is 2. The first-order valence-corrected chi connectivity index (χ1v) is 10.3. The Balaban J connectivity index is 1.43. The molecule has 0 saturated carbocycles. The number of nitrogens with one attached hydrogen (secondary N) is 2. The number of carbonyl (C=O) groups is 2. The van der Waals surface area contributed by atoms with Crippen molar-refractivity contribution in [1.29, 1.82) is 0 Å². The van der Waals surface area contributed by atoms with Crippen molar-refractivity contribution in [3.63, 3.8) is 0 Å². The van der Waals surface area contributed by atoms with Crippen LogP contribution in [0, 0.1) is 0 Å². The van der Waals surface area contributed by atoms with E-state index in [9.17, 15) is 9.59 Å². The predicted molar refractivity (Wildman–Crippen MR) is 118 cm³/mol. The third-order valence-corrected chi connectivity index (χ3v) is 5.23. The minimum absolute atomic E-state index is 0.0580. The van der Waals surface area contributed by atoms with Crippen molar-refractivity contribution in [2.75, 3.05) is 10.6 Å². The number of rotatable bonds is 6. The Morgan fingerprint density at radius 1 is 1.00 bits per heavy atom. The summed E-state index contributed by atoms with van der Waals surface area (Å²) in [6, 6.07) is 16.8. The Kier molecular flexibility index (Phi) is 5.67. The monoisotopic (exact) mass is 417 g/mol. The number of nitrogens with zero attached hydrogens (tertiary/aromatic N) is 3. The van der Waals surface area contributed by atoms with E-state index in [0.717, 1.165) is 16.3 Å². The zero-order chi connectivity index (χ0) is 20.9. The quantitative estimate of drug-likeness (QED) is 0.480. The highest BCUT2D eigenvalue weighted by Gasteiger charge is 2.14. The zero-order valence-corrected chi connectivity index (χ0v) is 17.0. The number of aromatic nitrogens is 3. The van der Waals surface area contributed by atoms with E-state index in [-0.39, 0.29) is 11.8 Å². The summed E-state index contributed by atoms with van der Waals surface area (Å²) in [4.78, 5) is 28.4. The summed E-state index contributed by atoms with van der Waals surface area (Å²) in [7, 11) is 0. The first-order valence-electron chi connectivity index (χ1n) is 9.39. The molecule has 4 aromatic rings. The first kappa shape index (κ1) is 19.5. The number of hydrogen-bond donors (Lipinski definition) is 2. The largest absolute Gasteiger partial charge is 0.326 e. The summed E-state index contributed by atoms with van der Waals surface area (Å²) in [5.74, 6) is -0.351. The van der Waals surface area contributed by atoms with Gasteiger partial charge in [-0.05, 0) is 36.4 Å². The normalized spacial score (nSPS) is 10.6.